The molecular formula is C24H27ClN2O5S2. The highest BCUT2D eigenvalue weighted by Crippen LogP contribution is 2.25. The van der Waals surface area contributed by atoms with E-state index in [1.54, 1.807) is 36.4 Å². The zero-order chi connectivity index (χ0) is 24.2. The van der Waals surface area contributed by atoms with Crippen LogP contribution in [0.4, 0.5) is 0 Å². The van der Waals surface area contributed by atoms with Gasteiger partial charge in [-0.3, -0.25) is 0 Å². The summed E-state index contributed by atoms with van der Waals surface area (Å²) >= 11 is 5.97. The van der Waals surface area contributed by atoms with E-state index in [2.05, 4.69) is 0 Å². The summed E-state index contributed by atoms with van der Waals surface area (Å²) < 4.78 is 61.4. The zero-order valence-corrected chi connectivity index (χ0v) is 21.0. The summed E-state index contributed by atoms with van der Waals surface area (Å²) in [6.07, 6.45) is 5.19. The van der Waals surface area contributed by atoms with Gasteiger partial charge in [0, 0.05) is 24.7 Å². The molecule has 4 rings (SSSR count). The normalized spacial score (nSPS) is 15.9. The van der Waals surface area contributed by atoms with E-state index in [1.165, 1.54) is 39.1 Å². The molecule has 1 aliphatic rings. The lowest BCUT2D eigenvalue weighted by Gasteiger charge is -2.22. The van der Waals surface area contributed by atoms with E-state index in [4.69, 9.17) is 16.0 Å². The molecule has 0 atom stereocenters. The second-order valence-electron chi connectivity index (χ2n) is 8.27. The van der Waals surface area contributed by atoms with Crippen molar-refractivity contribution in [2.24, 2.45) is 0 Å². The van der Waals surface area contributed by atoms with Gasteiger partial charge in [0.15, 0.2) is 0 Å². The number of halogens is 1. The van der Waals surface area contributed by atoms with Crippen molar-refractivity contribution in [1.82, 2.24) is 8.61 Å². The van der Waals surface area contributed by atoms with Gasteiger partial charge < -0.3 is 4.42 Å². The first-order valence-electron chi connectivity index (χ1n) is 11.1. The highest BCUT2D eigenvalue weighted by Gasteiger charge is 2.28. The summed E-state index contributed by atoms with van der Waals surface area (Å²) in [5, 5.41) is 0.561. The topological polar surface area (TPSA) is 87.9 Å². The van der Waals surface area contributed by atoms with Crippen molar-refractivity contribution in [3.63, 3.8) is 0 Å². The standard InChI is InChI=1S/C24H27ClN2O5S2/c25-21-9-7-20(8-10-21)18-27(19-22-6-5-17-32-22)34(30,31)24-13-11-23(12-14-24)33(28,29)26-15-3-1-2-4-16-26/h5-14,17H,1-4,15-16,18-19H2. The van der Waals surface area contributed by atoms with Gasteiger partial charge in [-0.2, -0.15) is 8.61 Å². The summed E-state index contributed by atoms with van der Waals surface area (Å²) in [6.45, 7) is 1.11. The fourth-order valence-electron chi connectivity index (χ4n) is 3.96. The third-order valence-corrected chi connectivity index (χ3v) is 9.82. The SMILES string of the molecule is O=S(=O)(c1ccc(S(=O)(=O)N(Cc2ccc(Cl)cc2)Cc2ccco2)cc1)N1CCCCCC1. The van der Waals surface area contributed by atoms with E-state index in [1.807, 2.05) is 0 Å². The van der Waals surface area contributed by atoms with E-state index in [0.717, 1.165) is 31.2 Å². The average molecular weight is 523 g/mol. The predicted octanol–water partition coefficient (Wildman–Crippen LogP) is 4.89. The van der Waals surface area contributed by atoms with Crippen molar-refractivity contribution in [3.8, 4) is 0 Å². The Morgan fingerprint density at radius 2 is 1.41 bits per heavy atom. The van der Waals surface area contributed by atoms with Crippen LogP contribution in [0, 0.1) is 0 Å². The highest BCUT2D eigenvalue weighted by atomic mass is 35.5. The fourth-order valence-corrected chi connectivity index (χ4v) is 7.00. The molecular weight excluding hydrogens is 496 g/mol. The average Bonchev–Trinajstić information content (AvgIpc) is 3.18. The molecule has 0 N–H and O–H groups in total. The molecule has 0 aliphatic carbocycles. The van der Waals surface area contributed by atoms with Crippen LogP contribution in [-0.4, -0.2) is 38.5 Å². The zero-order valence-electron chi connectivity index (χ0n) is 18.6. The molecule has 0 spiro atoms. The Hall–Kier alpha value is -2.17. The van der Waals surface area contributed by atoms with Crippen LogP contribution in [0.5, 0.6) is 0 Å². The van der Waals surface area contributed by atoms with Crippen LogP contribution >= 0.6 is 11.6 Å². The van der Waals surface area contributed by atoms with Crippen molar-refractivity contribution < 1.29 is 21.3 Å². The van der Waals surface area contributed by atoms with Crippen LogP contribution in [0.15, 0.2) is 81.1 Å². The van der Waals surface area contributed by atoms with Crippen LogP contribution in [0.25, 0.3) is 0 Å². The molecule has 0 amide bonds. The number of nitrogens with zero attached hydrogens (tertiary/aromatic N) is 2. The molecule has 1 saturated heterocycles. The largest absolute Gasteiger partial charge is 0.468 e. The molecule has 0 unspecified atom stereocenters. The van der Waals surface area contributed by atoms with Crippen molar-refractivity contribution in [2.75, 3.05) is 13.1 Å². The summed E-state index contributed by atoms with van der Waals surface area (Å²) in [5.74, 6) is 0.498. The lowest BCUT2D eigenvalue weighted by atomic mass is 10.2. The van der Waals surface area contributed by atoms with Gasteiger partial charge in [-0.25, -0.2) is 16.8 Å². The van der Waals surface area contributed by atoms with E-state index in [0.29, 0.717) is 23.9 Å². The van der Waals surface area contributed by atoms with E-state index in [-0.39, 0.29) is 22.9 Å². The lowest BCUT2D eigenvalue weighted by molar-refractivity contribution is 0.358. The monoisotopic (exact) mass is 522 g/mol. The smallest absolute Gasteiger partial charge is 0.243 e. The molecule has 2 aromatic carbocycles. The van der Waals surface area contributed by atoms with E-state index in [9.17, 15) is 16.8 Å². The third kappa shape index (κ3) is 5.72. The van der Waals surface area contributed by atoms with Crippen molar-refractivity contribution in [3.05, 3.63) is 83.3 Å². The number of sulfonamides is 2. The Kier molecular flexibility index (Phi) is 7.79. The van der Waals surface area contributed by atoms with Crippen molar-refractivity contribution in [2.45, 2.75) is 48.6 Å². The van der Waals surface area contributed by atoms with Crippen LogP contribution < -0.4 is 0 Å². The van der Waals surface area contributed by atoms with Gasteiger partial charge in [0.2, 0.25) is 20.0 Å². The lowest BCUT2D eigenvalue weighted by Crippen LogP contribution is -2.32. The molecule has 0 saturated carbocycles. The third-order valence-electron chi connectivity index (χ3n) is 5.85. The Morgan fingerprint density at radius 3 is 2.00 bits per heavy atom. The summed E-state index contributed by atoms with van der Waals surface area (Å²) in [6, 6.07) is 15.8. The Bertz CT molecular complexity index is 1280. The maximum atomic E-state index is 13.5. The maximum Gasteiger partial charge on any atom is 0.243 e. The van der Waals surface area contributed by atoms with Crippen molar-refractivity contribution >= 4 is 31.6 Å². The molecule has 1 aliphatic heterocycles. The summed E-state index contributed by atoms with van der Waals surface area (Å²) in [5.41, 5.74) is 0.764. The quantitative estimate of drug-likeness (QED) is 0.420. The second-order valence-corrected chi connectivity index (χ2v) is 12.6. The Labute approximate surface area is 206 Å². The fraction of sp³-hybridized carbons (Fsp3) is 0.333. The molecule has 34 heavy (non-hydrogen) atoms. The Morgan fingerprint density at radius 1 is 0.794 bits per heavy atom. The maximum absolute atomic E-state index is 13.5. The van der Waals surface area contributed by atoms with Gasteiger partial charge in [-0.1, -0.05) is 36.6 Å². The van der Waals surface area contributed by atoms with Crippen LogP contribution in [0.2, 0.25) is 5.02 Å². The first-order valence-corrected chi connectivity index (χ1v) is 14.4. The van der Waals surface area contributed by atoms with Gasteiger partial charge >= 0.3 is 0 Å². The van der Waals surface area contributed by atoms with Crippen LogP contribution in [0.1, 0.15) is 37.0 Å². The predicted molar refractivity (Wildman–Crippen MR) is 130 cm³/mol. The minimum absolute atomic E-state index is 0.0165. The molecule has 3 aromatic rings. The van der Waals surface area contributed by atoms with Crippen LogP contribution in [0.3, 0.4) is 0 Å². The van der Waals surface area contributed by atoms with Crippen LogP contribution in [-0.2, 0) is 33.1 Å². The minimum atomic E-state index is -3.95. The number of hydrogen-bond acceptors (Lipinski definition) is 5. The summed E-state index contributed by atoms with van der Waals surface area (Å²) in [7, 11) is -7.61. The highest BCUT2D eigenvalue weighted by molar-refractivity contribution is 7.89. The molecule has 1 aromatic heterocycles. The molecule has 2 heterocycles. The summed E-state index contributed by atoms with van der Waals surface area (Å²) in [4.78, 5) is 0.117. The number of hydrogen-bond donors (Lipinski definition) is 0. The molecule has 0 radical (unpaired) electrons. The van der Waals surface area contributed by atoms with Gasteiger partial charge in [-0.05, 0) is 66.9 Å². The number of furan rings is 1. The molecule has 1 fully saturated rings. The Balaban J connectivity index is 1.61. The molecule has 0 bridgehead atoms. The van der Waals surface area contributed by atoms with E-state index < -0.39 is 20.0 Å². The van der Waals surface area contributed by atoms with Gasteiger partial charge in [0.25, 0.3) is 0 Å². The molecule has 182 valence electrons. The molecule has 7 nitrogen and oxygen atoms in total. The number of benzene rings is 2. The molecule has 10 heteroatoms. The van der Waals surface area contributed by atoms with Crippen molar-refractivity contribution in [1.29, 1.82) is 0 Å². The van der Waals surface area contributed by atoms with Gasteiger partial charge in [-0.15, -0.1) is 0 Å². The first kappa shape index (κ1) is 24.9. The number of rotatable bonds is 8. The van der Waals surface area contributed by atoms with E-state index >= 15 is 0 Å². The van der Waals surface area contributed by atoms with Gasteiger partial charge in [0.05, 0.1) is 22.6 Å². The second kappa shape index (κ2) is 10.6. The minimum Gasteiger partial charge on any atom is -0.468 e. The first-order chi connectivity index (χ1) is 16.3. The van der Waals surface area contributed by atoms with Gasteiger partial charge in [0.1, 0.15) is 5.76 Å².